The number of rotatable bonds is 7. The zero-order valence-electron chi connectivity index (χ0n) is 15.7. The Balaban J connectivity index is 1.57. The van der Waals surface area contributed by atoms with Crippen LogP contribution in [0.5, 0.6) is 5.75 Å². The molecule has 146 valence electrons. The summed E-state index contributed by atoms with van der Waals surface area (Å²) in [4.78, 5) is 31.4. The summed E-state index contributed by atoms with van der Waals surface area (Å²) in [5.41, 5.74) is 2.73. The number of aromatic amines is 1. The van der Waals surface area contributed by atoms with E-state index in [0.717, 1.165) is 5.01 Å². The molecule has 0 aliphatic carbocycles. The van der Waals surface area contributed by atoms with Crippen LogP contribution in [0.2, 0.25) is 5.02 Å². The van der Waals surface area contributed by atoms with Crippen LogP contribution in [-0.2, 0) is 18.0 Å². The average Bonchev–Trinajstić information content (AvgIpc) is 3.23. The minimum atomic E-state index is -0.514. The number of aryl methyl sites for hydroxylation is 1. The molecule has 0 atom stereocenters. The number of benzene rings is 1. The molecule has 0 bridgehead atoms. The largest absolute Gasteiger partial charge is 0.486 e. The van der Waals surface area contributed by atoms with Gasteiger partial charge in [0.1, 0.15) is 29.7 Å². The van der Waals surface area contributed by atoms with E-state index in [1.54, 1.807) is 38.1 Å². The molecule has 0 unspecified atom stereocenters. The molecular weight excluding hydrogens is 400 g/mol. The number of ether oxygens (including phenoxy) is 2. The van der Waals surface area contributed by atoms with Crippen molar-refractivity contribution >= 4 is 34.7 Å². The number of aromatic nitrogens is 2. The third-order valence-corrected chi connectivity index (χ3v) is 5.24. The molecule has 0 saturated carbocycles. The Bertz CT molecular complexity index is 1010. The average molecular weight is 419 g/mol. The van der Waals surface area contributed by atoms with Gasteiger partial charge in [0.05, 0.1) is 5.69 Å². The molecule has 0 aliphatic heterocycles. The number of esters is 1. The van der Waals surface area contributed by atoms with Crippen LogP contribution < -0.4 is 4.74 Å². The maximum Gasteiger partial charge on any atom is 0.355 e. The van der Waals surface area contributed by atoms with Gasteiger partial charge in [0.15, 0.2) is 5.78 Å². The fourth-order valence-corrected chi connectivity index (χ4v) is 3.67. The first-order valence-corrected chi connectivity index (χ1v) is 9.79. The second-order valence-corrected chi connectivity index (χ2v) is 7.61. The van der Waals surface area contributed by atoms with E-state index in [2.05, 4.69) is 9.97 Å². The highest BCUT2D eigenvalue weighted by Gasteiger charge is 2.21. The molecule has 0 spiro atoms. The van der Waals surface area contributed by atoms with Gasteiger partial charge in [-0.25, -0.2) is 9.78 Å². The molecule has 0 amide bonds. The van der Waals surface area contributed by atoms with Crippen LogP contribution in [0.3, 0.4) is 0 Å². The SMILES string of the molecule is CC(=O)c1c(C)[nH]c(C(=O)OCc2csc(COc3ccc(Cl)cc3)n2)c1C. The van der Waals surface area contributed by atoms with E-state index in [4.69, 9.17) is 21.1 Å². The third-order valence-electron chi connectivity index (χ3n) is 4.12. The lowest BCUT2D eigenvalue weighted by Gasteiger charge is -2.04. The number of halogens is 1. The van der Waals surface area contributed by atoms with Crippen molar-refractivity contribution in [2.75, 3.05) is 0 Å². The van der Waals surface area contributed by atoms with Gasteiger partial charge in [0.25, 0.3) is 0 Å². The Labute approximate surface area is 171 Å². The van der Waals surface area contributed by atoms with Crippen molar-refractivity contribution in [3.05, 3.63) is 67.9 Å². The summed E-state index contributed by atoms with van der Waals surface area (Å²) in [6, 6.07) is 7.08. The Morgan fingerprint density at radius 1 is 1.18 bits per heavy atom. The van der Waals surface area contributed by atoms with Gasteiger partial charge in [-0.1, -0.05) is 11.6 Å². The van der Waals surface area contributed by atoms with Crippen LogP contribution in [0.4, 0.5) is 0 Å². The molecule has 0 fully saturated rings. The van der Waals surface area contributed by atoms with E-state index in [9.17, 15) is 9.59 Å². The standard InChI is InChI=1S/C20H19ClN2O4S/c1-11-18(13(3)24)12(2)22-19(11)20(25)27-8-15-10-28-17(23-15)9-26-16-6-4-14(21)5-7-16/h4-7,10,22H,8-9H2,1-3H3. The zero-order valence-corrected chi connectivity index (χ0v) is 17.2. The maximum absolute atomic E-state index is 12.3. The van der Waals surface area contributed by atoms with Crippen molar-refractivity contribution in [2.45, 2.75) is 34.0 Å². The van der Waals surface area contributed by atoms with Gasteiger partial charge in [-0.15, -0.1) is 11.3 Å². The van der Waals surface area contributed by atoms with Crippen molar-refractivity contribution in [3.63, 3.8) is 0 Å². The highest BCUT2D eigenvalue weighted by atomic mass is 35.5. The number of hydrogen-bond acceptors (Lipinski definition) is 6. The summed E-state index contributed by atoms with van der Waals surface area (Å²) in [6.07, 6.45) is 0. The van der Waals surface area contributed by atoms with Gasteiger partial charge in [-0.3, -0.25) is 4.79 Å². The van der Waals surface area contributed by atoms with Gasteiger partial charge in [0.2, 0.25) is 0 Å². The van der Waals surface area contributed by atoms with Crippen molar-refractivity contribution in [1.29, 1.82) is 0 Å². The molecule has 3 aromatic rings. The van der Waals surface area contributed by atoms with Crippen molar-refractivity contribution in [2.24, 2.45) is 0 Å². The quantitative estimate of drug-likeness (QED) is 0.436. The third kappa shape index (κ3) is 4.61. The molecule has 1 aromatic carbocycles. The normalized spacial score (nSPS) is 10.7. The number of ketones is 1. The lowest BCUT2D eigenvalue weighted by molar-refractivity contribution is 0.0461. The number of carbonyl (C=O) groups is 2. The number of hydrogen-bond donors (Lipinski definition) is 1. The molecule has 1 N–H and O–H groups in total. The summed E-state index contributed by atoms with van der Waals surface area (Å²) in [7, 11) is 0. The topological polar surface area (TPSA) is 81.3 Å². The van der Waals surface area contributed by atoms with Crippen LogP contribution in [0.15, 0.2) is 29.6 Å². The first-order valence-electron chi connectivity index (χ1n) is 8.54. The van der Waals surface area contributed by atoms with Crippen LogP contribution in [-0.4, -0.2) is 21.7 Å². The van der Waals surface area contributed by atoms with E-state index in [0.29, 0.717) is 45.6 Å². The summed E-state index contributed by atoms with van der Waals surface area (Å²) in [5, 5.41) is 3.24. The maximum atomic E-state index is 12.3. The lowest BCUT2D eigenvalue weighted by atomic mass is 10.1. The lowest BCUT2D eigenvalue weighted by Crippen LogP contribution is -2.08. The highest BCUT2D eigenvalue weighted by Crippen LogP contribution is 2.21. The first-order chi connectivity index (χ1) is 13.3. The number of nitrogens with zero attached hydrogens (tertiary/aromatic N) is 1. The molecule has 28 heavy (non-hydrogen) atoms. The van der Waals surface area contributed by atoms with Crippen LogP contribution in [0.25, 0.3) is 0 Å². The van der Waals surface area contributed by atoms with Gasteiger partial charge in [-0.05, 0) is 50.6 Å². The molecule has 2 heterocycles. The van der Waals surface area contributed by atoms with Gasteiger partial charge in [0, 0.05) is 21.7 Å². The molecule has 6 nitrogen and oxygen atoms in total. The number of carbonyl (C=O) groups excluding carboxylic acids is 2. The summed E-state index contributed by atoms with van der Waals surface area (Å²) in [5.74, 6) is 0.0987. The van der Waals surface area contributed by atoms with Crippen molar-refractivity contribution in [3.8, 4) is 5.75 Å². The molecular formula is C20H19ClN2O4S. The fourth-order valence-electron chi connectivity index (χ4n) is 2.85. The number of nitrogens with one attached hydrogen (secondary N) is 1. The predicted octanol–water partition coefficient (Wildman–Crippen LogP) is 4.88. The summed E-state index contributed by atoms with van der Waals surface area (Å²) < 4.78 is 11.0. The minimum absolute atomic E-state index is 0.0448. The Morgan fingerprint density at radius 2 is 1.89 bits per heavy atom. The molecule has 0 saturated heterocycles. The van der Waals surface area contributed by atoms with E-state index in [1.807, 2.05) is 5.38 Å². The predicted molar refractivity (Wildman–Crippen MR) is 107 cm³/mol. The van der Waals surface area contributed by atoms with E-state index < -0.39 is 5.97 Å². The fraction of sp³-hybridized carbons (Fsp3) is 0.250. The second-order valence-electron chi connectivity index (χ2n) is 6.23. The Kier molecular flexibility index (Phi) is 6.16. The van der Waals surface area contributed by atoms with Crippen LogP contribution in [0, 0.1) is 13.8 Å². The smallest absolute Gasteiger partial charge is 0.355 e. The van der Waals surface area contributed by atoms with Gasteiger partial charge >= 0.3 is 5.97 Å². The Morgan fingerprint density at radius 3 is 2.54 bits per heavy atom. The van der Waals surface area contributed by atoms with Gasteiger partial charge in [-0.2, -0.15) is 0 Å². The molecule has 3 rings (SSSR count). The van der Waals surface area contributed by atoms with E-state index >= 15 is 0 Å². The van der Waals surface area contributed by atoms with Crippen LogP contribution in [0.1, 0.15) is 49.7 Å². The molecule has 2 aromatic heterocycles. The minimum Gasteiger partial charge on any atom is -0.486 e. The summed E-state index contributed by atoms with van der Waals surface area (Å²) in [6.45, 7) is 5.32. The van der Waals surface area contributed by atoms with E-state index in [1.165, 1.54) is 18.3 Å². The molecule has 0 aliphatic rings. The van der Waals surface area contributed by atoms with Crippen molar-refractivity contribution in [1.82, 2.24) is 9.97 Å². The number of Topliss-reactive ketones (excluding diaryl/α,β-unsaturated/α-hetero) is 1. The highest BCUT2D eigenvalue weighted by molar-refractivity contribution is 7.09. The number of thiazole rings is 1. The number of H-pyrrole nitrogens is 1. The van der Waals surface area contributed by atoms with Gasteiger partial charge < -0.3 is 14.5 Å². The zero-order chi connectivity index (χ0) is 20.3. The molecule has 8 heteroatoms. The van der Waals surface area contributed by atoms with Crippen LogP contribution >= 0.6 is 22.9 Å². The monoisotopic (exact) mass is 418 g/mol. The second kappa shape index (κ2) is 8.58. The van der Waals surface area contributed by atoms with Crippen molar-refractivity contribution < 1.29 is 19.1 Å². The Hall–Kier alpha value is -2.64. The summed E-state index contributed by atoms with van der Waals surface area (Å²) >= 11 is 7.27. The van der Waals surface area contributed by atoms with E-state index in [-0.39, 0.29) is 12.4 Å². The first kappa shape index (κ1) is 20.1. The molecule has 0 radical (unpaired) electrons.